The lowest BCUT2D eigenvalue weighted by Gasteiger charge is -2.32. The minimum absolute atomic E-state index is 0.0346. The number of phenolic OH excluding ortho intramolecular Hbond substituents is 1. The molecule has 4 atom stereocenters. The molecule has 4 bridgehead atoms. The summed E-state index contributed by atoms with van der Waals surface area (Å²) in [5.41, 5.74) is 23.4. The molecule has 0 saturated heterocycles. The number of aromatic nitrogens is 1. The number of likely N-dealkylation sites (N-methyl/N-ethyl adjacent to an activating group) is 1. The first-order chi connectivity index (χ1) is 29.9. The summed E-state index contributed by atoms with van der Waals surface area (Å²) in [7, 11) is 1.47. The third-order valence-corrected chi connectivity index (χ3v) is 11.5. The average Bonchev–Trinajstić information content (AvgIpc) is 3.24. The number of benzene rings is 3. The van der Waals surface area contributed by atoms with Crippen LogP contribution in [-0.2, 0) is 31.0 Å². The average molecular weight is 858 g/mol. The molecule has 1 aliphatic heterocycles. The first-order valence-corrected chi connectivity index (χ1v) is 21.3. The molecule has 0 unspecified atom stereocenters. The predicted octanol–water partition coefficient (Wildman–Crippen LogP) is 5.89. The lowest BCUT2D eigenvalue weighted by Crippen LogP contribution is -2.46. The van der Waals surface area contributed by atoms with E-state index in [-0.39, 0.29) is 86.4 Å². The van der Waals surface area contributed by atoms with E-state index >= 15 is 0 Å². The molecule has 0 saturated carbocycles. The van der Waals surface area contributed by atoms with Crippen LogP contribution < -0.4 is 27.3 Å². The highest BCUT2D eigenvalue weighted by atomic mass is 16.5. The minimum Gasteiger partial charge on any atom is -0.507 e. The van der Waals surface area contributed by atoms with Crippen molar-refractivity contribution in [1.82, 2.24) is 15.2 Å². The highest BCUT2D eigenvalue weighted by Crippen LogP contribution is 2.40. The largest absolute Gasteiger partial charge is 0.507 e. The van der Waals surface area contributed by atoms with Crippen LogP contribution in [0.15, 0.2) is 66.7 Å². The van der Waals surface area contributed by atoms with Gasteiger partial charge in [-0.3, -0.25) is 29.0 Å². The van der Waals surface area contributed by atoms with Gasteiger partial charge < -0.3 is 37.3 Å². The summed E-state index contributed by atoms with van der Waals surface area (Å²) in [4.78, 5) is 76.4. The summed E-state index contributed by atoms with van der Waals surface area (Å²) < 4.78 is 6.01. The lowest BCUT2D eigenvalue weighted by atomic mass is 9.86. The van der Waals surface area contributed by atoms with Crippen molar-refractivity contribution in [3.8, 4) is 40.0 Å². The molecule has 8 N–H and O–H groups in total. The molecular formula is C49H59N7O7. The van der Waals surface area contributed by atoms with Crippen molar-refractivity contribution in [2.75, 3.05) is 32.5 Å². The highest BCUT2D eigenvalue weighted by molar-refractivity contribution is 6.04. The van der Waals surface area contributed by atoms with Crippen molar-refractivity contribution in [1.29, 1.82) is 5.26 Å². The summed E-state index contributed by atoms with van der Waals surface area (Å²) in [5.74, 6) is -4.05. The Balaban J connectivity index is 1.53. The summed E-state index contributed by atoms with van der Waals surface area (Å²) in [6, 6.07) is 19.0. The SMILES string of the molecule is Cc1nc(-c2ccc(C(C)(C)C)cc2)cc(N)c1C(=O)C[C@@H](CCN)C(=O)N(C)[C@@H]1C(=O)C[C@@H](C)C(=O)N[C@H](C(=O)CCC#N)Cc2ccc(O)c(c2)-c2cc1ccc2OCCN. The molecule has 14 heteroatoms. The number of fused-ring (bicyclic) bond motifs is 5. The Morgan fingerprint density at radius 2 is 1.71 bits per heavy atom. The second-order valence-electron chi connectivity index (χ2n) is 17.3. The number of Topliss-reactive ketones (excluding diaryl/α,β-unsaturated/α-hetero) is 3. The number of aromatic hydroxyl groups is 1. The smallest absolute Gasteiger partial charge is 0.226 e. The molecule has 3 aromatic carbocycles. The van der Waals surface area contributed by atoms with Gasteiger partial charge in [-0.05, 0) is 78.7 Å². The normalized spacial score (nSPS) is 17.2. The summed E-state index contributed by atoms with van der Waals surface area (Å²) in [6.07, 6.45) is -0.570. The van der Waals surface area contributed by atoms with Crippen molar-refractivity contribution in [2.24, 2.45) is 23.3 Å². The van der Waals surface area contributed by atoms with Gasteiger partial charge >= 0.3 is 0 Å². The molecule has 1 aromatic heterocycles. The zero-order valence-electron chi connectivity index (χ0n) is 37.0. The number of nitrogens with two attached hydrogens (primary N) is 3. The van der Waals surface area contributed by atoms with E-state index in [1.54, 1.807) is 50.2 Å². The first kappa shape index (κ1) is 47.6. The van der Waals surface area contributed by atoms with Crippen molar-refractivity contribution >= 4 is 34.9 Å². The van der Waals surface area contributed by atoms with Gasteiger partial charge in [-0.2, -0.15) is 5.26 Å². The van der Waals surface area contributed by atoms with Crippen LogP contribution in [0.4, 0.5) is 5.69 Å². The number of nitrogen functional groups attached to an aromatic ring is 1. The van der Waals surface area contributed by atoms with Crippen molar-refractivity contribution < 1.29 is 33.8 Å². The van der Waals surface area contributed by atoms with Crippen LogP contribution in [0.2, 0.25) is 0 Å². The Kier molecular flexibility index (Phi) is 15.6. The Morgan fingerprint density at radius 3 is 2.35 bits per heavy atom. The molecule has 14 nitrogen and oxygen atoms in total. The van der Waals surface area contributed by atoms with Crippen LogP contribution in [0.1, 0.15) is 98.6 Å². The quantitative estimate of drug-likeness (QED) is 0.0932. The van der Waals surface area contributed by atoms with Gasteiger partial charge in [0.15, 0.2) is 17.3 Å². The summed E-state index contributed by atoms with van der Waals surface area (Å²) in [5, 5.41) is 23.2. The molecule has 5 rings (SSSR count). The second kappa shape index (κ2) is 20.6. The number of ketones is 3. The Hall–Kier alpha value is -6.43. The molecule has 0 radical (unpaired) electrons. The van der Waals surface area contributed by atoms with Gasteiger partial charge in [-0.15, -0.1) is 0 Å². The van der Waals surface area contributed by atoms with Crippen LogP contribution in [0.25, 0.3) is 22.4 Å². The zero-order valence-corrected chi connectivity index (χ0v) is 37.0. The van der Waals surface area contributed by atoms with E-state index in [2.05, 4.69) is 26.1 Å². The molecule has 332 valence electrons. The van der Waals surface area contributed by atoms with E-state index in [1.165, 1.54) is 18.0 Å². The number of nitrogens with zero attached hydrogens (tertiary/aromatic N) is 3. The first-order valence-electron chi connectivity index (χ1n) is 21.3. The topological polar surface area (TPSA) is 245 Å². The van der Waals surface area contributed by atoms with Gasteiger partial charge in [0.2, 0.25) is 11.8 Å². The van der Waals surface area contributed by atoms with E-state index in [1.807, 2.05) is 30.3 Å². The molecule has 2 heterocycles. The fourth-order valence-corrected chi connectivity index (χ4v) is 8.03. The number of carbonyl (C=O) groups is 5. The summed E-state index contributed by atoms with van der Waals surface area (Å²) in [6.45, 7) is 10.0. The van der Waals surface area contributed by atoms with Gasteiger partial charge in [-0.25, -0.2) is 0 Å². The molecule has 4 aromatic rings. The molecule has 2 amide bonds. The highest BCUT2D eigenvalue weighted by Gasteiger charge is 2.36. The number of amides is 2. The van der Waals surface area contributed by atoms with Crippen LogP contribution in [0.5, 0.6) is 11.5 Å². The minimum atomic E-state index is -1.27. The van der Waals surface area contributed by atoms with Crippen LogP contribution in [-0.4, -0.2) is 76.9 Å². The van der Waals surface area contributed by atoms with E-state index in [0.29, 0.717) is 39.4 Å². The lowest BCUT2D eigenvalue weighted by molar-refractivity contribution is -0.142. The second-order valence-corrected chi connectivity index (χ2v) is 17.3. The molecule has 0 fully saturated rings. The van der Waals surface area contributed by atoms with Crippen LogP contribution in [0.3, 0.4) is 0 Å². The number of aryl methyl sites for hydroxylation is 1. The number of nitrogens with one attached hydrogen (secondary N) is 1. The van der Waals surface area contributed by atoms with Crippen LogP contribution >= 0.6 is 0 Å². The molecule has 1 aliphatic rings. The predicted molar refractivity (Wildman–Crippen MR) is 242 cm³/mol. The number of ether oxygens (including phenoxy) is 1. The fourth-order valence-electron chi connectivity index (χ4n) is 8.03. The number of rotatable bonds is 14. The number of hydrogen-bond donors (Lipinski definition) is 5. The third-order valence-electron chi connectivity index (χ3n) is 11.5. The maximum Gasteiger partial charge on any atom is 0.226 e. The molecular weight excluding hydrogens is 799 g/mol. The maximum atomic E-state index is 14.7. The van der Waals surface area contributed by atoms with Gasteiger partial charge in [0.1, 0.15) is 24.1 Å². The van der Waals surface area contributed by atoms with E-state index < -0.39 is 47.3 Å². The number of phenols is 1. The number of hydrogen-bond acceptors (Lipinski definition) is 12. The standard InChI is InChI=1S/C49H59N7O7/c1-28-22-43(60)46(32-12-16-44(63-21-20-52)36(25-32)35-23-30(9-15-40(35)57)24-39(55-47(28)61)41(58)8-7-18-50)56(6)48(62)33(17-19-51)26-42(59)45-29(2)54-38(27-37(45)53)31-10-13-34(14-11-31)49(3,4)5/h9-16,23,25,27-28,33,39,46,57H,7-8,17,19-22,24,26,51-52H2,1-6H3,(H2,53,54)(H,55,61)/t28-,33-,39+,46+/m1/s1. The fraction of sp³-hybridized carbons (Fsp3) is 0.408. The zero-order chi connectivity index (χ0) is 46.2. The van der Waals surface area contributed by atoms with Gasteiger partial charge in [0.05, 0.1) is 29.1 Å². The number of anilines is 1. The molecule has 63 heavy (non-hydrogen) atoms. The van der Waals surface area contributed by atoms with Crippen molar-refractivity contribution in [2.45, 2.75) is 90.6 Å². The summed E-state index contributed by atoms with van der Waals surface area (Å²) >= 11 is 0. The number of nitriles is 1. The molecule has 0 aliphatic carbocycles. The van der Waals surface area contributed by atoms with Gasteiger partial charge in [-0.1, -0.05) is 64.1 Å². The monoisotopic (exact) mass is 857 g/mol. The van der Waals surface area contributed by atoms with Gasteiger partial charge in [0.25, 0.3) is 0 Å². The van der Waals surface area contributed by atoms with Gasteiger partial charge in [0, 0.05) is 73.5 Å². The maximum absolute atomic E-state index is 14.7. The third kappa shape index (κ3) is 11.3. The Labute approximate surface area is 369 Å². The van der Waals surface area contributed by atoms with Crippen molar-refractivity contribution in [3.05, 3.63) is 94.7 Å². The number of pyridine rings is 1. The molecule has 0 spiro atoms. The van der Waals surface area contributed by atoms with E-state index in [4.69, 9.17) is 32.2 Å². The Bertz CT molecular complexity index is 2380. The van der Waals surface area contributed by atoms with Crippen LogP contribution in [0, 0.1) is 30.1 Å². The van der Waals surface area contributed by atoms with E-state index in [0.717, 1.165) is 11.1 Å². The Morgan fingerprint density at radius 1 is 1.00 bits per heavy atom. The van der Waals surface area contributed by atoms with E-state index in [9.17, 15) is 29.1 Å². The number of carbonyl (C=O) groups excluding carboxylic acids is 5. The van der Waals surface area contributed by atoms with Crippen molar-refractivity contribution in [3.63, 3.8) is 0 Å².